The van der Waals surface area contributed by atoms with Crippen molar-refractivity contribution in [3.8, 4) is 73.1 Å². The molecule has 12 aromatic rings. The van der Waals surface area contributed by atoms with E-state index in [4.69, 9.17) is 0 Å². The van der Waals surface area contributed by atoms with Gasteiger partial charge in [0.15, 0.2) is 0 Å². The van der Waals surface area contributed by atoms with Crippen LogP contribution < -0.4 is 0 Å². The lowest BCUT2D eigenvalue weighted by Crippen LogP contribution is -2.13. The average Bonchev–Trinajstić information content (AvgIpc) is 1.46. The molecule has 0 aliphatic carbocycles. The van der Waals surface area contributed by atoms with Gasteiger partial charge >= 0.3 is 55.6 Å². The zero-order valence-electron chi connectivity index (χ0n) is 48.9. The maximum atomic E-state index is 16.6. The molecular formula is C70H30F27N3. The quantitative estimate of drug-likeness (QED) is 0.146. The molecule has 0 bridgehead atoms. The van der Waals surface area contributed by atoms with Gasteiger partial charge in [0, 0.05) is 27.1 Å². The predicted molar refractivity (Wildman–Crippen MR) is 312 cm³/mol. The van der Waals surface area contributed by atoms with Gasteiger partial charge < -0.3 is 9.13 Å². The largest absolute Gasteiger partial charge is 0.418 e. The first-order chi connectivity index (χ1) is 46.2. The number of alkyl halides is 27. The molecule has 2 heterocycles. The van der Waals surface area contributed by atoms with E-state index in [-0.39, 0.29) is 70.7 Å². The summed E-state index contributed by atoms with van der Waals surface area (Å²) in [5, 5.41) is 8.45. The van der Waals surface area contributed by atoms with Gasteiger partial charge in [0.2, 0.25) is 0 Å². The Labute approximate surface area is 541 Å². The Morgan fingerprint density at radius 3 is 0.760 bits per heavy atom. The summed E-state index contributed by atoms with van der Waals surface area (Å²) in [6.07, 6.45) is -49.4. The number of benzene rings is 10. The van der Waals surface area contributed by atoms with Gasteiger partial charge in [0.1, 0.15) is 0 Å². The van der Waals surface area contributed by atoms with E-state index in [1.165, 1.54) is 18.2 Å². The van der Waals surface area contributed by atoms with Crippen LogP contribution in [-0.2, 0) is 55.6 Å². The van der Waals surface area contributed by atoms with Gasteiger partial charge in [0.25, 0.3) is 0 Å². The molecule has 30 heteroatoms. The highest BCUT2D eigenvalue weighted by Gasteiger charge is 2.44. The van der Waals surface area contributed by atoms with Crippen LogP contribution in [0, 0.1) is 11.3 Å². The molecule has 100 heavy (non-hydrogen) atoms. The summed E-state index contributed by atoms with van der Waals surface area (Å²) < 4.78 is 397. The van der Waals surface area contributed by atoms with Crippen molar-refractivity contribution in [2.45, 2.75) is 55.6 Å². The molecule has 0 aliphatic heterocycles. The summed E-state index contributed by atoms with van der Waals surface area (Å²) in [5.74, 6) is 0. The number of nitriles is 1. The summed E-state index contributed by atoms with van der Waals surface area (Å²) in [7, 11) is 0. The van der Waals surface area contributed by atoms with Gasteiger partial charge in [0.05, 0.1) is 95.1 Å². The Morgan fingerprint density at radius 2 is 0.500 bits per heavy atom. The minimum atomic E-state index is -5.67. The lowest BCUT2D eigenvalue weighted by atomic mass is 9.94. The Bertz CT molecular complexity index is 5100. The van der Waals surface area contributed by atoms with E-state index in [0.717, 1.165) is 94.1 Å². The number of aromatic nitrogens is 2. The third-order valence-corrected chi connectivity index (χ3v) is 16.6. The molecule has 3 nitrogen and oxygen atoms in total. The molecule has 0 aliphatic rings. The van der Waals surface area contributed by atoms with Gasteiger partial charge in [-0.3, -0.25) is 0 Å². The molecule has 2 aromatic heterocycles. The number of halogens is 27. The van der Waals surface area contributed by atoms with Crippen molar-refractivity contribution >= 4 is 43.6 Å². The molecule has 0 atom stereocenters. The van der Waals surface area contributed by atoms with E-state index in [2.05, 4.69) is 0 Å². The van der Waals surface area contributed by atoms with Gasteiger partial charge in [-0.15, -0.1) is 0 Å². The molecular weight excluding hydrogens is 1400 g/mol. The second-order valence-electron chi connectivity index (χ2n) is 22.7. The monoisotopic (exact) mass is 1430 g/mol. The second kappa shape index (κ2) is 23.3. The highest BCUT2D eigenvalue weighted by atomic mass is 19.4. The van der Waals surface area contributed by atoms with Crippen molar-refractivity contribution in [3.63, 3.8) is 0 Å². The zero-order chi connectivity index (χ0) is 72.9. The average molecular weight is 1430 g/mol. The van der Waals surface area contributed by atoms with Crippen LogP contribution >= 0.6 is 0 Å². The van der Waals surface area contributed by atoms with Crippen molar-refractivity contribution in [2.75, 3.05) is 0 Å². The highest BCUT2D eigenvalue weighted by Crippen LogP contribution is 2.52. The normalized spacial score (nSPS) is 13.3. The molecule has 12 rings (SSSR count). The maximum Gasteiger partial charge on any atom is 0.418 e. The minimum Gasteiger partial charge on any atom is -0.309 e. The zero-order valence-corrected chi connectivity index (χ0v) is 48.9. The second-order valence-corrected chi connectivity index (χ2v) is 22.7. The van der Waals surface area contributed by atoms with Crippen LogP contribution in [0.5, 0.6) is 0 Å². The van der Waals surface area contributed by atoms with E-state index in [9.17, 15) is 111 Å². The number of fused-ring (bicyclic) bond motifs is 6. The SMILES string of the molecule is N#Cc1cccc(-c2cc(-n3c4ccc(-c5ccc(C(F)(F)F)cc5C(F)(F)F)cc4c4cc(-c5ccc(C(F)(F)F)cc5C(F)(F)F)ccc43)c(C(F)(F)F)cc2-n2c3ccc(-c4ccc(C(F)(F)F)cc4C(F)(F)F)cc3c3cc(-c4ccc(C(F)(F)F)cc4C(F)(F)F)ccc32)c1. The van der Waals surface area contributed by atoms with E-state index < -0.39 is 200 Å². The third kappa shape index (κ3) is 12.6. The smallest absolute Gasteiger partial charge is 0.309 e. The van der Waals surface area contributed by atoms with Gasteiger partial charge in [-0.25, -0.2) is 0 Å². The molecule has 0 saturated heterocycles. The van der Waals surface area contributed by atoms with E-state index in [1.54, 1.807) is 0 Å². The predicted octanol–water partition coefficient (Wildman–Crippen LogP) is 25.3. The van der Waals surface area contributed by atoms with Crippen LogP contribution in [-0.4, -0.2) is 9.13 Å². The third-order valence-electron chi connectivity index (χ3n) is 16.6. The standard InChI is InChI=1S/C70H30F27N3/c71-62(72,73)38-8-12-42(51(25-38)66(83,84)85)34-4-16-56-47(21-34)48-22-35(43-13-9-39(63(74,75)76)26-52(43)67(86,87)88)5-17-57(48)99(56)60-30-55(70(95,96)97)61(29-46(60)33-3-1-2-32(20-33)31-98)100-58-18-6-36(44-14-10-40(64(77,78)79)27-53(44)68(89,90)91)23-49(58)50-24-37(7-19-59(50)100)45-15-11-41(65(80,81)82)28-54(45)69(92,93)94/h1-30H. The van der Waals surface area contributed by atoms with E-state index >= 15 is 13.2 Å². The fraction of sp³-hybridized carbons (Fsp3) is 0.129. The van der Waals surface area contributed by atoms with Crippen molar-refractivity contribution in [1.29, 1.82) is 5.26 Å². The van der Waals surface area contributed by atoms with Crippen LogP contribution in [0.15, 0.2) is 182 Å². The molecule has 10 aromatic carbocycles. The van der Waals surface area contributed by atoms with Gasteiger partial charge in [-0.2, -0.15) is 124 Å². The molecule has 0 N–H and O–H groups in total. The summed E-state index contributed by atoms with van der Waals surface area (Å²) in [5.41, 5.74) is -26.8. The highest BCUT2D eigenvalue weighted by molar-refractivity contribution is 6.14. The summed E-state index contributed by atoms with van der Waals surface area (Å²) in [6.45, 7) is 0. The summed E-state index contributed by atoms with van der Waals surface area (Å²) >= 11 is 0. The van der Waals surface area contributed by atoms with E-state index in [1.807, 2.05) is 6.07 Å². The molecule has 0 unspecified atom stereocenters. The van der Waals surface area contributed by atoms with Crippen LogP contribution in [0.1, 0.15) is 55.6 Å². The lowest BCUT2D eigenvalue weighted by Gasteiger charge is -2.22. The van der Waals surface area contributed by atoms with Crippen molar-refractivity contribution in [3.05, 3.63) is 238 Å². The molecule has 514 valence electrons. The fourth-order valence-electron chi connectivity index (χ4n) is 12.2. The Hall–Kier alpha value is -10.6. The Kier molecular flexibility index (Phi) is 16.1. The lowest BCUT2D eigenvalue weighted by molar-refractivity contribution is -0.144. The van der Waals surface area contributed by atoms with Crippen LogP contribution in [0.4, 0.5) is 119 Å². The van der Waals surface area contributed by atoms with Crippen molar-refractivity contribution < 1.29 is 119 Å². The summed E-state index contributed by atoms with van der Waals surface area (Å²) in [4.78, 5) is 0. The Morgan fingerprint density at radius 1 is 0.230 bits per heavy atom. The first-order valence-electron chi connectivity index (χ1n) is 28.3. The van der Waals surface area contributed by atoms with Crippen molar-refractivity contribution in [2.24, 2.45) is 0 Å². The molecule has 0 amide bonds. The first kappa shape index (κ1) is 69.3. The number of hydrogen-bond acceptors (Lipinski definition) is 1. The number of hydrogen-bond donors (Lipinski definition) is 0. The molecule has 0 radical (unpaired) electrons. The first-order valence-corrected chi connectivity index (χ1v) is 28.3. The van der Waals surface area contributed by atoms with Gasteiger partial charge in [-0.1, -0.05) is 60.7 Å². The minimum absolute atomic E-state index is 0.194. The molecule has 0 saturated carbocycles. The van der Waals surface area contributed by atoms with Crippen LogP contribution in [0.25, 0.3) is 111 Å². The maximum absolute atomic E-state index is 16.6. The van der Waals surface area contributed by atoms with Crippen molar-refractivity contribution in [1.82, 2.24) is 9.13 Å². The fourth-order valence-corrected chi connectivity index (χ4v) is 12.2. The van der Waals surface area contributed by atoms with Crippen LogP contribution in [0.2, 0.25) is 0 Å². The van der Waals surface area contributed by atoms with Gasteiger partial charge in [-0.05, 0) is 171 Å². The van der Waals surface area contributed by atoms with E-state index in [0.29, 0.717) is 30.3 Å². The summed E-state index contributed by atoms with van der Waals surface area (Å²) in [6, 6.07) is 20.2. The number of rotatable bonds is 7. The topological polar surface area (TPSA) is 33.6 Å². The molecule has 0 spiro atoms. The Balaban J connectivity index is 1.20. The van der Waals surface area contributed by atoms with Crippen LogP contribution in [0.3, 0.4) is 0 Å². The molecule has 0 fully saturated rings. The number of nitrogens with zero attached hydrogens (tertiary/aromatic N) is 3.